The van der Waals surface area contributed by atoms with E-state index in [4.69, 9.17) is 4.74 Å². The Morgan fingerprint density at radius 1 is 0.714 bits per heavy atom. The van der Waals surface area contributed by atoms with Gasteiger partial charge in [-0.25, -0.2) is 0 Å². The van der Waals surface area contributed by atoms with Crippen LogP contribution in [-0.2, 0) is 19.9 Å². The molecule has 2 aromatic carbocycles. The van der Waals surface area contributed by atoms with Crippen molar-refractivity contribution >= 4 is 11.6 Å². The van der Waals surface area contributed by atoms with Gasteiger partial charge in [-0.2, -0.15) is 0 Å². The van der Waals surface area contributed by atoms with Gasteiger partial charge in [0.1, 0.15) is 5.76 Å². The largest absolute Gasteiger partial charge is 0.473 e. The lowest BCUT2D eigenvalue weighted by molar-refractivity contribution is -0.136. The molecule has 3 aliphatic rings. The van der Waals surface area contributed by atoms with Crippen molar-refractivity contribution < 1.29 is 14.3 Å². The monoisotopic (exact) mass is 366 g/mol. The quantitative estimate of drug-likeness (QED) is 0.745. The average Bonchev–Trinajstić information content (AvgIpc) is 2.77. The predicted octanol–water partition coefficient (Wildman–Crippen LogP) is 4.28. The van der Waals surface area contributed by atoms with Crippen LogP contribution in [0.15, 0.2) is 108 Å². The van der Waals surface area contributed by atoms with Crippen LogP contribution in [-0.4, -0.2) is 11.6 Å². The molecule has 2 unspecified atom stereocenters. The van der Waals surface area contributed by atoms with Crippen LogP contribution < -0.4 is 0 Å². The summed E-state index contributed by atoms with van der Waals surface area (Å²) < 4.78 is 6.64. The molecule has 0 fully saturated rings. The summed E-state index contributed by atoms with van der Waals surface area (Å²) in [5.74, 6) is -0.648. The molecule has 0 saturated heterocycles. The Bertz CT molecular complexity index is 1030. The van der Waals surface area contributed by atoms with Gasteiger partial charge >= 0.3 is 0 Å². The van der Waals surface area contributed by atoms with Crippen molar-refractivity contribution in [2.24, 2.45) is 11.8 Å². The normalized spacial score (nSPS) is 24.6. The van der Waals surface area contributed by atoms with E-state index >= 15 is 0 Å². The first-order chi connectivity index (χ1) is 13.7. The second-order valence-corrected chi connectivity index (χ2v) is 7.22. The highest BCUT2D eigenvalue weighted by Crippen LogP contribution is 2.45. The van der Waals surface area contributed by atoms with Crippen molar-refractivity contribution in [2.45, 2.75) is 5.60 Å². The highest BCUT2D eigenvalue weighted by molar-refractivity contribution is 6.43. The van der Waals surface area contributed by atoms with Crippen LogP contribution in [0.3, 0.4) is 0 Å². The third-order valence-electron chi connectivity index (χ3n) is 5.66. The lowest BCUT2D eigenvalue weighted by Crippen LogP contribution is -2.37. The Balaban J connectivity index is 1.62. The van der Waals surface area contributed by atoms with Gasteiger partial charge in [-0.05, 0) is 18.2 Å². The lowest BCUT2D eigenvalue weighted by Gasteiger charge is -2.40. The van der Waals surface area contributed by atoms with E-state index in [0.29, 0.717) is 0 Å². The van der Waals surface area contributed by atoms with E-state index in [1.54, 1.807) is 6.08 Å². The summed E-state index contributed by atoms with van der Waals surface area (Å²) in [7, 11) is 0. The number of hydrogen-bond donors (Lipinski definition) is 0. The maximum absolute atomic E-state index is 12.3. The van der Waals surface area contributed by atoms with Crippen LogP contribution in [0.5, 0.6) is 0 Å². The van der Waals surface area contributed by atoms with Crippen LogP contribution in [0.4, 0.5) is 0 Å². The van der Waals surface area contributed by atoms with Crippen LogP contribution in [0.2, 0.25) is 0 Å². The first-order valence-corrected chi connectivity index (χ1v) is 9.37. The first-order valence-electron chi connectivity index (χ1n) is 9.37. The van der Waals surface area contributed by atoms with Gasteiger partial charge < -0.3 is 4.74 Å². The number of ether oxygens (including phenoxy) is 1. The van der Waals surface area contributed by atoms with Crippen LogP contribution in [0.1, 0.15) is 11.1 Å². The molecule has 2 atom stereocenters. The number of allylic oxidation sites excluding steroid dienone is 6. The zero-order valence-electron chi connectivity index (χ0n) is 15.1. The van der Waals surface area contributed by atoms with Gasteiger partial charge in [0, 0.05) is 22.6 Å². The third kappa shape index (κ3) is 2.43. The van der Waals surface area contributed by atoms with E-state index in [0.717, 1.165) is 22.5 Å². The average molecular weight is 366 g/mol. The molecule has 0 saturated carbocycles. The molecule has 0 spiro atoms. The van der Waals surface area contributed by atoms with E-state index in [1.807, 2.05) is 54.6 Å². The van der Waals surface area contributed by atoms with Gasteiger partial charge in [0.2, 0.25) is 11.6 Å². The second-order valence-electron chi connectivity index (χ2n) is 7.22. The SMILES string of the molecule is O=C1C=CC2C3=C(C=CC2C1=O)OC(c1ccccc1)(c1ccccc1)C=C3. The fraction of sp³-hybridized carbons (Fsp3) is 0.120. The van der Waals surface area contributed by atoms with Crippen molar-refractivity contribution in [2.75, 3.05) is 0 Å². The summed E-state index contributed by atoms with van der Waals surface area (Å²) in [5.41, 5.74) is 2.26. The molecule has 1 aliphatic heterocycles. The van der Waals surface area contributed by atoms with Crippen LogP contribution in [0.25, 0.3) is 0 Å². The number of ketones is 2. The number of Topliss-reactive ketones (excluding diaryl/α,β-unsaturated/α-hetero) is 1. The first kappa shape index (κ1) is 16.7. The summed E-state index contributed by atoms with van der Waals surface area (Å²) in [6, 6.07) is 20.2. The van der Waals surface area contributed by atoms with Gasteiger partial charge in [0.15, 0.2) is 5.60 Å². The molecule has 28 heavy (non-hydrogen) atoms. The Morgan fingerprint density at radius 3 is 1.96 bits per heavy atom. The van der Waals surface area contributed by atoms with Crippen LogP contribution >= 0.6 is 0 Å². The van der Waals surface area contributed by atoms with E-state index < -0.39 is 17.3 Å². The number of fused-ring (bicyclic) bond motifs is 2. The molecule has 0 radical (unpaired) electrons. The minimum Gasteiger partial charge on any atom is -0.473 e. The van der Waals surface area contributed by atoms with E-state index in [9.17, 15) is 9.59 Å². The van der Waals surface area contributed by atoms with Crippen LogP contribution in [0, 0.1) is 11.8 Å². The standard InChI is InChI=1S/C25H18O3/c26-22-13-11-19-20-15-16-25(17-7-3-1-4-8-17,18-9-5-2-6-10-18)28-23(20)14-12-21(19)24(22)27/h1-16,19,21H. The maximum atomic E-state index is 12.3. The second kappa shape index (κ2) is 6.31. The Kier molecular flexibility index (Phi) is 3.76. The Hall–Kier alpha value is -3.46. The summed E-state index contributed by atoms with van der Waals surface area (Å²) >= 11 is 0. The third-order valence-corrected chi connectivity index (χ3v) is 5.66. The highest BCUT2D eigenvalue weighted by atomic mass is 16.5. The molecule has 3 nitrogen and oxygen atoms in total. The molecular formula is C25H18O3. The van der Waals surface area contributed by atoms with Crippen molar-refractivity contribution in [3.8, 4) is 0 Å². The fourth-order valence-corrected chi connectivity index (χ4v) is 4.23. The molecule has 5 rings (SSSR count). The van der Waals surface area contributed by atoms with Gasteiger partial charge in [0.05, 0.1) is 5.92 Å². The number of hydrogen-bond acceptors (Lipinski definition) is 3. The van der Waals surface area contributed by atoms with E-state index in [1.165, 1.54) is 6.08 Å². The minimum atomic E-state index is -0.739. The number of carbonyl (C=O) groups is 2. The molecule has 3 heteroatoms. The number of carbonyl (C=O) groups excluding carboxylic acids is 2. The predicted molar refractivity (Wildman–Crippen MR) is 106 cm³/mol. The summed E-state index contributed by atoms with van der Waals surface area (Å²) in [6.45, 7) is 0. The molecule has 0 N–H and O–H groups in total. The minimum absolute atomic E-state index is 0.161. The smallest absolute Gasteiger partial charge is 0.221 e. The summed E-state index contributed by atoms with van der Waals surface area (Å²) in [6.07, 6.45) is 10.9. The zero-order valence-corrected chi connectivity index (χ0v) is 15.1. The molecule has 1 heterocycles. The van der Waals surface area contributed by atoms with Crippen molar-refractivity contribution in [3.05, 3.63) is 120 Å². The number of rotatable bonds is 2. The number of benzene rings is 2. The Labute approximate surface area is 163 Å². The highest BCUT2D eigenvalue weighted by Gasteiger charge is 2.42. The molecule has 0 amide bonds. The van der Waals surface area contributed by atoms with Gasteiger partial charge in [-0.1, -0.05) is 78.9 Å². The van der Waals surface area contributed by atoms with Gasteiger partial charge in [0.25, 0.3) is 0 Å². The van der Waals surface area contributed by atoms with Crippen molar-refractivity contribution in [1.29, 1.82) is 0 Å². The molecule has 2 aliphatic carbocycles. The molecular weight excluding hydrogens is 348 g/mol. The van der Waals surface area contributed by atoms with E-state index in [2.05, 4.69) is 30.3 Å². The van der Waals surface area contributed by atoms with Gasteiger partial charge in [-0.15, -0.1) is 0 Å². The zero-order chi connectivity index (χ0) is 19.1. The molecule has 2 aromatic rings. The molecule has 0 bridgehead atoms. The maximum Gasteiger partial charge on any atom is 0.221 e. The Morgan fingerprint density at radius 2 is 1.32 bits per heavy atom. The lowest BCUT2D eigenvalue weighted by atomic mass is 9.73. The summed E-state index contributed by atoms with van der Waals surface area (Å²) in [5, 5.41) is 0. The summed E-state index contributed by atoms with van der Waals surface area (Å²) in [4.78, 5) is 24.0. The van der Waals surface area contributed by atoms with Gasteiger partial charge in [-0.3, -0.25) is 9.59 Å². The van der Waals surface area contributed by atoms with E-state index in [-0.39, 0.29) is 11.7 Å². The van der Waals surface area contributed by atoms with Crippen molar-refractivity contribution in [1.82, 2.24) is 0 Å². The fourth-order valence-electron chi connectivity index (χ4n) is 4.23. The molecule has 136 valence electrons. The topological polar surface area (TPSA) is 43.4 Å². The van der Waals surface area contributed by atoms with Crippen molar-refractivity contribution in [3.63, 3.8) is 0 Å². The molecule has 0 aromatic heterocycles.